The number of aliphatic hydroxyl groups excluding tert-OH is 1. The Labute approximate surface area is 87.5 Å². The maximum absolute atomic E-state index is 12.2. The van der Waals surface area contributed by atoms with Gasteiger partial charge in [-0.25, -0.2) is 9.18 Å². The first-order chi connectivity index (χ1) is 7.19. The Kier molecular flexibility index (Phi) is 4.24. The Morgan fingerprint density at radius 1 is 1.47 bits per heavy atom. The number of esters is 1. The fraction of sp³-hybridized carbons (Fsp3) is 0.364. The number of aliphatic hydroxyl groups is 1. The third-order valence-corrected chi connectivity index (χ3v) is 1.96. The van der Waals surface area contributed by atoms with Crippen molar-refractivity contribution < 1.29 is 19.0 Å². The smallest absolute Gasteiger partial charge is 0.339 e. The van der Waals surface area contributed by atoms with Gasteiger partial charge in [0.05, 0.1) is 6.61 Å². The van der Waals surface area contributed by atoms with Crippen molar-refractivity contribution >= 4 is 5.97 Å². The molecule has 1 aromatic carbocycles. The Balaban J connectivity index is 2.73. The Hall–Kier alpha value is -1.42. The lowest BCUT2D eigenvalue weighted by molar-refractivity contribution is -0.153. The first kappa shape index (κ1) is 11.7. The molecule has 0 amide bonds. The molecule has 1 unspecified atom stereocenters. The zero-order valence-electron chi connectivity index (χ0n) is 8.44. The van der Waals surface area contributed by atoms with Gasteiger partial charge in [0.15, 0.2) is 6.10 Å². The molecule has 1 atom stereocenters. The van der Waals surface area contributed by atoms with Crippen molar-refractivity contribution in [2.24, 2.45) is 0 Å². The third-order valence-electron chi connectivity index (χ3n) is 1.96. The van der Waals surface area contributed by atoms with Crippen LogP contribution in [0.2, 0.25) is 0 Å². The quantitative estimate of drug-likeness (QED) is 0.773. The second-order valence-electron chi connectivity index (χ2n) is 3.03. The summed E-state index contributed by atoms with van der Waals surface area (Å²) >= 11 is 0. The molecular weight excluding hydrogens is 199 g/mol. The predicted molar refractivity (Wildman–Crippen MR) is 52.8 cm³/mol. The minimum atomic E-state index is -1.29. The summed E-state index contributed by atoms with van der Waals surface area (Å²) in [7, 11) is 0. The van der Waals surface area contributed by atoms with Crippen LogP contribution in [0.15, 0.2) is 24.3 Å². The van der Waals surface area contributed by atoms with Crippen LogP contribution in [0, 0.1) is 0 Å². The van der Waals surface area contributed by atoms with Gasteiger partial charge in [-0.05, 0) is 18.1 Å². The van der Waals surface area contributed by atoms with Gasteiger partial charge in [-0.2, -0.15) is 0 Å². The summed E-state index contributed by atoms with van der Waals surface area (Å²) in [6.45, 7) is 1.32. The highest BCUT2D eigenvalue weighted by atomic mass is 19.1. The van der Waals surface area contributed by atoms with Crippen molar-refractivity contribution in [1.29, 1.82) is 0 Å². The van der Waals surface area contributed by atoms with Gasteiger partial charge in [0.2, 0.25) is 0 Å². The average Bonchev–Trinajstić information content (AvgIpc) is 2.28. The number of hydrogen-bond donors (Lipinski definition) is 1. The van der Waals surface area contributed by atoms with Crippen molar-refractivity contribution in [3.8, 4) is 0 Å². The Morgan fingerprint density at radius 2 is 2.07 bits per heavy atom. The van der Waals surface area contributed by atoms with E-state index in [2.05, 4.69) is 4.74 Å². The summed E-state index contributed by atoms with van der Waals surface area (Å²) in [6, 6.07) is 6.07. The number of benzene rings is 1. The molecule has 0 aliphatic rings. The topological polar surface area (TPSA) is 46.5 Å². The van der Waals surface area contributed by atoms with E-state index in [0.29, 0.717) is 11.1 Å². The highest BCUT2D eigenvalue weighted by Crippen LogP contribution is 2.15. The number of alkyl halides is 1. The molecule has 3 nitrogen and oxygen atoms in total. The van der Waals surface area contributed by atoms with Crippen molar-refractivity contribution in [2.45, 2.75) is 19.7 Å². The van der Waals surface area contributed by atoms with Gasteiger partial charge >= 0.3 is 5.97 Å². The first-order valence-corrected chi connectivity index (χ1v) is 4.68. The summed E-state index contributed by atoms with van der Waals surface area (Å²) in [5, 5.41) is 9.52. The monoisotopic (exact) mass is 212 g/mol. The van der Waals surface area contributed by atoms with Crippen LogP contribution >= 0.6 is 0 Å². The summed E-state index contributed by atoms with van der Waals surface area (Å²) in [5.74, 6) is -0.689. The summed E-state index contributed by atoms with van der Waals surface area (Å²) in [5.41, 5.74) is 0.917. The molecule has 0 radical (unpaired) electrons. The van der Waals surface area contributed by atoms with Crippen LogP contribution in [0.5, 0.6) is 0 Å². The maximum atomic E-state index is 12.2. The minimum absolute atomic E-state index is 0.221. The van der Waals surface area contributed by atoms with Crippen molar-refractivity contribution in [2.75, 3.05) is 6.61 Å². The van der Waals surface area contributed by atoms with Crippen LogP contribution in [0.4, 0.5) is 4.39 Å². The van der Waals surface area contributed by atoms with E-state index in [1.54, 1.807) is 6.92 Å². The van der Waals surface area contributed by atoms with Crippen LogP contribution in [-0.4, -0.2) is 17.7 Å². The van der Waals surface area contributed by atoms with E-state index < -0.39 is 18.7 Å². The van der Waals surface area contributed by atoms with Crippen LogP contribution < -0.4 is 0 Å². The van der Waals surface area contributed by atoms with Crippen LogP contribution in [0.1, 0.15) is 24.2 Å². The van der Waals surface area contributed by atoms with Crippen molar-refractivity contribution in [3.63, 3.8) is 0 Å². The highest BCUT2D eigenvalue weighted by Gasteiger charge is 2.17. The van der Waals surface area contributed by atoms with Crippen LogP contribution in [0.3, 0.4) is 0 Å². The highest BCUT2D eigenvalue weighted by molar-refractivity contribution is 5.76. The number of rotatable bonds is 4. The van der Waals surface area contributed by atoms with Gasteiger partial charge in [-0.15, -0.1) is 0 Å². The first-order valence-electron chi connectivity index (χ1n) is 4.68. The van der Waals surface area contributed by atoms with Crippen LogP contribution in [-0.2, 0) is 16.2 Å². The molecule has 0 bridgehead atoms. The molecule has 0 saturated carbocycles. The van der Waals surface area contributed by atoms with E-state index >= 15 is 0 Å². The molecule has 0 heterocycles. The SMILES string of the molecule is CCOC(=O)C(O)c1ccc(CF)cc1. The molecule has 0 fully saturated rings. The van der Waals surface area contributed by atoms with Crippen molar-refractivity contribution in [1.82, 2.24) is 0 Å². The number of carbonyl (C=O) groups excluding carboxylic acids is 1. The molecule has 0 aliphatic heterocycles. The lowest BCUT2D eigenvalue weighted by Crippen LogP contribution is -2.15. The Morgan fingerprint density at radius 3 is 2.53 bits per heavy atom. The van der Waals surface area contributed by atoms with E-state index in [-0.39, 0.29) is 6.61 Å². The summed E-state index contributed by atoms with van der Waals surface area (Å²) < 4.78 is 16.8. The van der Waals surface area contributed by atoms with E-state index in [9.17, 15) is 14.3 Å². The second-order valence-corrected chi connectivity index (χ2v) is 3.03. The molecule has 15 heavy (non-hydrogen) atoms. The van der Waals surface area contributed by atoms with Gasteiger partial charge in [0.25, 0.3) is 0 Å². The fourth-order valence-electron chi connectivity index (χ4n) is 1.15. The normalized spacial score (nSPS) is 12.2. The molecule has 1 rings (SSSR count). The Bertz CT molecular complexity index is 321. The van der Waals surface area contributed by atoms with Gasteiger partial charge in [0, 0.05) is 0 Å². The zero-order valence-corrected chi connectivity index (χ0v) is 8.44. The molecular formula is C11H13FO3. The van der Waals surface area contributed by atoms with Gasteiger partial charge < -0.3 is 9.84 Å². The predicted octanol–water partition coefficient (Wildman–Crippen LogP) is 1.75. The van der Waals surface area contributed by atoms with E-state index in [0.717, 1.165) is 0 Å². The molecule has 0 aliphatic carbocycles. The van der Waals surface area contributed by atoms with Crippen molar-refractivity contribution in [3.05, 3.63) is 35.4 Å². The van der Waals surface area contributed by atoms with Gasteiger partial charge in [0.1, 0.15) is 6.67 Å². The lowest BCUT2D eigenvalue weighted by Gasteiger charge is -2.09. The minimum Gasteiger partial charge on any atom is -0.464 e. The van der Waals surface area contributed by atoms with E-state index in [1.165, 1.54) is 24.3 Å². The number of carbonyl (C=O) groups is 1. The van der Waals surface area contributed by atoms with Gasteiger partial charge in [-0.1, -0.05) is 24.3 Å². The third kappa shape index (κ3) is 3.02. The molecule has 4 heteroatoms. The van der Waals surface area contributed by atoms with Crippen LogP contribution in [0.25, 0.3) is 0 Å². The van der Waals surface area contributed by atoms with E-state index in [1.807, 2.05) is 0 Å². The second kappa shape index (κ2) is 5.46. The summed E-state index contributed by atoms with van der Waals surface area (Å²) in [4.78, 5) is 11.2. The van der Waals surface area contributed by atoms with E-state index in [4.69, 9.17) is 0 Å². The molecule has 0 saturated heterocycles. The average molecular weight is 212 g/mol. The standard InChI is InChI=1S/C11H13FO3/c1-2-15-11(14)10(13)9-5-3-8(7-12)4-6-9/h3-6,10,13H,2,7H2,1H3. The zero-order chi connectivity index (χ0) is 11.3. The molecule has 1 aromatic rings. The van der Waals surface area contributed by atoms with Gasteiger partial charge in [-0.3, -0.25) is 0 Å². The molecule has 82 valence electrons. The number of ether oxygens (including phenoxy) is 1. The molecule has 0 aromatic heterocycles. The molecule has 1 N–H and O–H groups in total. The largest absolute Gasteiger partial charge is 0.464 e. The maximum Gasteiger partial charge on any atom is 0.339 e. The number of halogens is 1. The fourth-order valence-corrected chi connectivity index (χ4v) is 1.15. The molecule has 0 spiro atoms. The summed E-state index contributed by atoms with van der Waals surface area (Å²) in [6.07, 6.45) is -1.29. The lowest BCUT2D eigenvalue weighted by atomic mass is 10.1. The number of hydrogen-bond acceptors (Lipinski definition) is 3.